The minimum atomic E-state index is -1.41. The van der Waals surface area contributed by atoms with E-state index in [1.807, 2.05) is 24.5 Å². The van der Waals surface area contributed by atoms with Crippen LogP contribution in [-0.4, -0.2) is 115 Å². The third kappa shape index (κ3) is 9.17. The average molecular weight is 1030 g/mol. The first-order valence-electron chi connectivity index (χ1n) is 21.8. The molecule has 6 N–H and O–H groups in total. The lowest BCUT2D eigenvalue weighted by molar-refractivity contribution is -0.696. The van der Waals surface area contributed by atoms with Crippen molar-refractivity contribution in [3.8, 4) is 0 Å². The maximum Gasteiger partial charge on any atom is 0.276 e. The van der Waals surface area contributed by atoms with Gasteiger partial charge in [0.2, 0.25) is 0 Å². The molecule has 0 radical (unpaired) electrons. The topological polar surface area (TPSA) is 308 Å². The number of amides is 4. The molecule has 4 aromatic rings. The van der Waals surface area contributed by atoms with Gasteiger partial charge in [0.1, 0.15) is 48.4 Å². The van der Waals surface area contributed by atoms with E-state index in [1.54, 1.807) is 10.8 Å². The van der Waals surface area contributed by atoms with Crippen molar-refractivity contribution >= 4 is 103 Å². The van der Waals surface area contributed by atoms with Crippen LogP contribution in [0.15, 0.2) is 80.3 Å². The van der Waals surface area contributed by atoms with E-state index in [4.69, 9.17) is 21.1 Å². The SMILES string of the molecule is CO/N=C(\C(=O)N[C@@H]1C(=O)N2C(C(=O)[O-])=C(C[n+]3cccc4c3CCC4)CS[C@H]12)c1csc(N)n1.CO/N=C(\C(=O)N[C@@H]1C(=O)N2C(C(=O)[O-])=C(C[n+]3cccc4c3CCC4)CS[C@H]12)c1csc(N)n1. The standard InChI is InChI=1S/2C22H22N6O5S2/c2*1-33-26-15(13-10-35-22(23)24-13)18(29)25-16-19(30)28-17(21(31)32)12(9-34-20(16)28)8-27-7-3-5-11-4-2-6-14(11)27/h2*3,5,7,10,16,20H,2,4,6,8-9H2,1H3,(H3-,23,24,25,29,31,32)/b2*26-15-/t2*16-,20-/m11/s1. The molecule has 4 aromatic heterocycles. The monoisotopic (exact) mass is 1030 g/mol. The maximum atomic E-state index is 13.0. The first-order valence-corrected chi connectivity index (χ1v) is 25.7. The number of carboxylic acids is 2. The van der Waals surface area contributed by atoms with Gasteiger partial charge < -0.3 is 51.6 Å². The zero-order valence-electron chi connectivity index (χ0n) is 37.4. The second kappa shape index (κ2) is 20.2. The van der Waals surface area contributed by atoms with Crippen molar-refractivity contribution in [2.75, 3.05) is 37.2 Å². The number of nitrogens with two attached hydrogens (primary N) is 2. The predicted molar refractivity (Wildman–Crippen MR) is 252 cm³/mol. The normalized spacial score (nSPS) is 21.3. The van der Waals surface area contributed by atoms with E-state index in [1.165, 1.54) is 70.1 Å². The first-order chi connectivity index (χ1) is 33.8. The van der Waals surface area contributed by atoms with Gasteiger partial charge in [-0.05, 0) is 37.8 Å². The Morgan fingerprint density at radius 2 is 1.13 bits per heavy atom. The Morgan fingerprint density at radius 3 is 1.49 bits per heavy atom. The Labute approximate surface area is 415 Å². The number of thiazole rings is 2. The summed E-state index contributed by atoms with van der Waals surface area (Å²) in [5.41, 5.74) is 17.4. The summed E-state index contributed by atoms with van der Waals surface area (Å²) >= 11 is 5.07. The number of fused-ring (bicyclic) bond motifs is 4. The summed E-state index contributed by atoms with van der Waals surface area (Å²) in [5.74, 6) is -4.42. The van der Waals surface area contributed by atoms with Gasteiger partial charge in [-0.3, -0.25) is 29.0 Å². The molecule has 6 aliphatic rings. The van der Waals surface area contributed by atoms with Crippen molar-refractivity contribution in [3.63, 3.8) is 0 Å². The number of pyridine rings is 2. The molecule has 0 spiro atoms. The molecule has 4 aliphatic heterocycles. The van der Waals surface area contributed by atoms with Crippen LogP contribution in [0.25, 0.3) is 0 Å². The zero-order valence-corrected chi connectivity index (χ0v) is 40.7. The number of aliphatic carboxylic acids is 2. The van der Waals surface area contributed by atoms with Crippen molar-refractivity contribution in [1.82, 2.24) is 30.4 Å². The molecule has 2 fully saturated rings. The molecular formula is C44H44N12O10S4. The predicted octanol–water partition coefficient (Wildman–Crippen LogP) is -2.09. The number of hydrogen-bond acceptors (Lipinski definition) is 20. The zero-order chi connectivity index (χ0) is 49.4. The molecular weight excluding hydrogens is 985 g/mol. The Morgan fingerprint density at radius 1 is 0.714 bits per heavy atom. The van der Waals surface area contributed by atoms with Crippen LogP contribution >= 0.6 is 46.2 Å². The first kappa shape index (κ1) is 48.1. The lowest BCUT2D eigenvalue weighted by Gasteiger charge is -2.50. The molecule has 4 amide bonds. The van der Waals surface area contributed by atoms with Gasteiger partial charge in [-0.2, -0.15) is 9.13 Å². The highest BCUT2D eigenvalue weighted by Gasteiger charge is 2.55. The number of hydrogen-bond donors (Lipinski definition) is 4. The fraction of sp³-hybridized carbons (Fsp3) is 0.364. The van der Waals surface area contributed by atoms with Crippen molar-refractivity contribution in [3.05, 3.63) is 104 Å². The number of nitrogen functional groups attached to an aromatic ring is 2. The third-order valence-electron chi connectivity index (χ3n) is 12.4. The van der Waals surface area contributed by atoms with Gasteiger partial charge in [0.15, 0.2) is 58.6 Å². The highest BCUT2D eigenvalue weighted by Crippen LogP contribution is 2.42. The van der Waals surface area contributed by atoms with E-state index in [0.717, 1.165) is 61.2 Å². The van der Waals surface area contributed by atoms with Crippen LogP contribution in [0.4, 0.5) is 10.3 Å². The molecule has 8 heterocycles. The molecule has 0 aromatic carbocycles. The maximum absolute atomic E-state index is 13.0. The van der Waals surface area contributed by atoms with Crippen LogP contribution in [0, 0.1) is 0 Å². The van der Waals surface area contributed by atoms with Gasteiger partial charge in [0.25, 0.3) is 23.6 Å². The third-order valence-corrected chi connectivity index (χ3v) is 16.4. The average Bonchev–Trinajstić information content (AvgIpc) is 4.20. The summed E-state index contributed by atoms with van der Waals surface area (Å²) in [6.07, 6.45) is 9.89. The molecule has 0 unspecified atom stereocenters. The van der Waals surface area contributed by atoms with Crippen LogP contribution in [0.1, 0.15) is 46.7 Å². The van der Waals surface area contributed by atoms with Gasteiger partial charge in [-0.15, -0.1) is 46.2 Å². The summed E-state index contributed by atoms with van der Waals surface area (Å²) in [4.78, 5) is 96.0. The van der Waals surface area contributed by atoms with Gasteiger partial charge >= 0.3 is 0 Å². The molecule has 4 atom stereocenters. The number of thioether (sulfide) groups is 2. The van der Waals surface area contributed by atoms with E-state index in [-0.39, 0.29) is 44.5 Å². The fourth-order valence-electron chi connectivity index (χ4n) is 9.32. The van der Waals surface area contributed by atoms with Gasteiger partial charge in [-0.1, -0.05) is 10.3 Å². The summed E-state index contributed by atoms with van der Waals surface area (Å²) in [6, 6.07) is 6.25. The minimum absolute atomic E-state index is 0.120. The molecule has 10 rings (SSSR count). The number of carbonyl (C=O) groups excluding carboxylic acids is 6. The summed E-state index contributed by atoms with van der Waals surface area (Å²) < 4.78 is 4.11. The minimum Gasteiger partial charge on any atom is -0.543 e. The lowest BCUT2D eigenvalue weighted by Crippen LogP contribution is -2.71. The second-order valence-corrected chi connectivity index (χ2v) is 20.5. The number of β-lactam (4-membered cyclic amide) rings is 2. The van der Waals surface area contributed by atoms with Crippen LogP contribution in [-0.2, 0) is 77.2 Å². The van der Waals surface area contributed by atoms with Crippen LogP contribution in [0.5, 0.6) is 0 Å². The van der Waals surface area contributed by atoms with Crippen molar-refractivity contribution in [2.24, 2.45) is 10.3 Å². The Balaban J connectivity index is 0.000000174. The molecule has 2 saturated heterocycles. The highest BCUT2D eigenvalue weighted by atomic mass is 32.2. The molecule has 0 bridgehead atoms. The molecule has 2 aliphatic carbocycles. The number of carboxylic acid groups (broad SMARTS) is 2. The number of carbonyl (C=O) groups is 6. The van der Waals surface area contributed by atoms with Crippen LogP contribution < -0.4 is 41.4 Å². The van der Waals surface area contributed by atoms with E-state index in [0.29, 0.717) is 35.7 Å². The lowest BCUT2D eigenvalue weighted by atomic mass is 10.0. The van der Waals surface area contributed by atoms with E-state index in [2.05, 4.69) is 52.2 Å². The number of rotatable bonds is 14. The number of nitrogens with one attached hydrogen (secondary N) is 2. The molecule has 26 heteroatoms. The van der Waals surface area contributed by atoms with Crippen molar-refractivity contribution < 1.29 is 57.8 Å². The van der Waals surface area contributed by atoms with Gasteiger partial charge in [0, 0.05) is 69.5 Å². The Bertz CT molecular complexity index is 2770. The van der Waals surface area contributed by atoms with E-state index < -0.39 is 58.4 Å². The highest BCUT2D eigenvalue weighted by molar-refractivity contribution is 8.00. The number of aryl methyl sites for hydroxylation is 2. The number of anilines is 2. The molecule has 0 saturated carbocycles. The Hall–Kier alpha value is -6.90. The molecule has 364 valence electrons. The summed E-state index contributed by atoms with van der Waals surface area (Å²) in [7, 11) is 2.57. The van der Waals surface area contributed by atoms with Gasteiger partial charge in [-0.25, -0.2) is 9.97 Å². The number of aromatic nitrogens is 4. The van der Waals surface area contributed by atoms with Gasteiger partial charge in [0.05, 0.1) is 23.3 Å². The van der Waals surface area contributed by atoms with Crippen LogP contribution in [0.3, 0.4) is 0 Å². The van der Waals surface area contributed by atoms with Crippen molar-refractivity contribution in [1.29, 1.82) is 0 Å². The summed E-state index contributed by atoms with van der Waals surface area (Å²) in [5, 5.41) is 39.4. The van der Waals surface area contributed by atoms with Crippen LogP contribution in [0.2, 0.25) is 0 Å². The molecule has 22 nitrogen and oxygen atoms in total. The second-order valence-electron chi connectivity index (χ2n) is 16.5. The summed E-state index contributed by atoms with van der Waals surface area (Å²) in [6.45, 7) is 0.728. The molecule has 70 heavy (non-hydrogen) atoms. The van der Waals surface area contributed by atoms with E-state index in [9.17, 15) is 39.0 Å². The number of nitrogens with zero attached hydrogens (tertiary/aromatic N) is 8. The Kier molecular flexibility index (Phi) is 13.9. The smallest absolute Gasteiger partial charge is 0.276 e. The number of oxime groups is 2. The largest absolute Gasteiger partial charge is 0.543 e. The quantitative estimate of drug-likeness (QED) is 0.0456. The van der Waals surface area contributed by atoms with E-state index >= 15 is 0 Å². The fourth-order valence-corrected chi connectivity index (χ4v) is 13.1. The van der Waals surface area contributed by atoms with Crippen molar-refractivity contribution in [2.45, 2.75) is 74.4 Å².